The number of fused-ring (bicyclic) bond motifs is 2. The second kappa shape index (κ2) is 2.82. The molecule has 0 aliphatic heterocycles. The molecular weight excluding hydrogens is 180 g/mol. The Labute approximate surface area is 78.9 Å². The first-order chi connectivity index (χ1) is 5.63. The van der Waals surface area contributed by atoms with Crippen LogP contribution in [0.15, 0.2) is 11.3 Å². The van der Waals surface area contributed by atoms with E-state index in [1.165, 1.54) is 19.3 Å². The van der Waals surface area contributed by atoms with Crippen molar-refractivity contribution in [1.29, 1.82) is 0 Å². The van der Waals surface area contributed by atoms with Gasteiger partial charge in [-0.3, -0.25) is 0 Å². The van der Waals surface area contributed by atoms with Gasteiger partial charge in [0.15, 0.2) is 0 Å². The van der Waals surface area contributed by atoms with E-state index in [9.17, 15) is 0 Å². The van der Waals surface area contributed by atoms with Crippen LogP contribution in [0.2, 0.25) is 13.1 Å². The summed E-state index contributed by atoms with van der Waals surface area (Å²) in [5.74, 6) is 1.85. The highest BCUT2D eigenvalue weighted by Crippen LogP contribution is 2.46. The van der Waals surface area contributed by atoms with Gasteiger partial charge in [-0.15, -0.1) is 0 Å². The zero-order chi connectivity index (χ0) is 8.77. The molecule has 12 heavy (non-hydrogen) atoms. The number of hydrogen-bond donors (Lipinski definition) is 0. The van der Waals surface area contributed by atoms with E-state index in [0.717, 1.165) is 22.3 Å². The lowest BCUT2D eigenvalue weighted by molar-refractivity contribution is 0.590. The summed E-state index contributed by atoms with van der Waals surface area (Å²) in [7, 11) is -0.463. The van der Waals surface area contributed by atoms with Crippen LogP contribution >= 0.6 is 0 Å². The average Bonchev–Trinajstić information content (AvgIpc) is 2.64. The molecule has 0 amide bonds. The third kappa shape index (κ3) is 1.24. The predicted octanol–water partition coefficient (Wildman–Crippen LogP) is 1.38. The van der Waals surface area contributed by atoms with Crippen molar-refractivity contribution >= 4 is 18.8 Å². The van der Waals surface area contributed by atoms with Gasteiger partial charge in [0.2, 0.25) is 8.32 Å². The van der Waals surface area contributed by atoms with Gasteiger partial charge in [-0.05, 0) is 44.2 Å². The van der Waals surface area contributed by atoms with E-state index < -0.39 is 8.32 Å². The molecule has 1 nitrogen and oxygen atoms in total. The Morgan fingerprint density at radius 1 is 1.50 bits per heavy atom. The van der Waals surface area contributed by atoms with Gasteiger partial charge in [-0.25, -0.2) is 0 Å². The average molecular weight is 198 g/mol. The van der Waals surface area contributed by atoms with Gasteiger partial charge in [-0.2, -0.15) is 0 Å². The Bertz CT molecular complexity index is 223. The molecule has 3 heteroatoms. The maximum absolute atomic E-state index is 5.78. The highest BCUT2D eigenvalue weighted by molar-refractivity contribution is 6.80. The van der Waals surface area contributed by atoms with E-state index in [1.54, 1.807) is 5.20 Å². The number of allylic oxidation sites excluding steroid dienone is 2. The molecule has 2 atom stereocenters. The van der Waals surface area contributed by atoms with E-state index in [2.05, 4.69) is 19.2 Å². The van der Waals surface area contributed by atoms with E-state index in [0.29, 0.717) is 0 Å². The van der Waals surface area contributed by atoms with E-state index in [1.807, 2.05) is 0 Å². The molecule has 0 saturated heterocycles. The standard InChI is InChI=1S/C9H18OSi2/c1-12(2,10-11)9-6-7-3-4-8(9)5-7/h6-8H,3-5H2,1-2,11H3. The van der Waals surface area contributed by atoms with Crippen LogP contribution in [-0.4, -0.2) is 18.8 Å². The van der Waals surface area contributed by atoms with Gasteiger partial charge < -0.3 is 4.12 Å². The van der Waals surface area contributed by atoms with Gasteiger partial charge >= 0.3 is 0 Å². The number of rotatable bonds is 2. The Morgan fingerprint density at radius 2 is 2.25 bits per heavy atom. The molecule has 2 rings (SSSR count). The second-order valence-corrected chi connectivity index (χ2v) is 9.84. The molecule has 0 spiro atoms. The van der Waals surface area contributed by atoms with Crippen LogP contribution in [0.3, 0.4) is 0 Å². The molecule has 1 fully saturated rings. The Balaban J connectivity index is 2.20. The first kappa shape index (κ1) is 8.72. The highest BCUT2D eigenvalue weighted by Gasteiger charge is 2.40. The van der Waals surface area contributed by atoms with Crippen molar-refractivity contribution in [3.05, 3.63) is 11.3 Å². The molecule has 0 aromatic rings. The van der Waals surface area contributed by atoms with Crippen LogP contribution in [0.1, 0.15) is 19.3 Å². The number of hydrogen-bond acceptors (Lipinski definition) is 1. The molecule has 2 aliphatic carbocycles. The minimum absolute atomic E-state index is 0.912. The Hall–Kier alpha value is 0.134. The first-order valence-electron chi connectivity index (χ1n) is 4.91. The van der Waals surface area contributed by atoms with Gasteiger partial charge in [-0.1, -0.05) is 11.3 Å². The summed E-state index contributed by atoms with van der Waals surface area (Å²) in [5.41, 5.74) is 0. The maximum Gasteiger partial charge on any atom is 0.201 e. The van der Waals surface area contributed by atoms with Gasteiger partial charge in [0.05, 0.1) is 0 Å². The summed E-state index contributed by atoms with van der Waals surface area (Å²) in [5, 5.41) is 1.73. The molecule has 0 heterocycles. The topological polar surface area (TPSA) is 9.23 Å². The molecule has 2 unspecified atom stereocenters. The highest BCUT2D eigenvalue weighted by atomic mass is 28.4. The van der Waals surface area contributed by atoms with Gasteiger partial charge in [0, 0.05) is 0 Å². The summed E-state index contributed by atoms with van der Waals surface area (Å²) >= 11 is 0. The van der Waals surface area contributed by atoms with Crippen LogP contribution in [-0.2, 0) is 4.12 Å². The van der Waals surface area contributed by atoms with Crippen LogP contribution in [0.5, 0.6) is 0 Å². The monoisotopic (exact) mass is 198 g/mol. The van der Waals surface area contributed by atoms with Crippen LogP contribution in [0, 0.1) is 11.8 Å². The van der Waals surface area contributed by atoms with Crippen LogP contribution in [0.4, 0.5) is 0 Å². The zero-order valence-electron chi connectivity index (χ0n) is 8.26. The zero-order valence-corrected chi connectivity index (χ0v) is 11.3. The summed E-state index contributed by atoms with van der Waals surface area (Å²) < 4.78 is 5.78. The molecular formula is C9H18OSi2. The van der Waals surface area contributed by atoms with Crippen molar-refractivity contribution in [2.24, 2.45) is 11.8 Å². The summed E-state index contributed by atoms with van der Waals surface area (Å²) in [6.45, 7) is 4.71. The van der Waals surface area contributed by atoms with E-state index in [-0.39, 0.29) is 0 Å². The maximum atomic E-state index is 5.78. The third-order valence-electron chi connectivity index (χ3n) is 3.53. The molecule has 0 radical (unpaired) electrons. The van der Waals surface area contributed by atoms with Crippen molar-refractivity contribution < 1.29 is 4.12 Å². The van der Waals surface area contributed by atoms with E-state index in [4.69, 9.17) is 4.12 Å². The lowest BCUT2D eigenvalue weighted by Gasteiger charge is -2.27. The van der Waals surface area contributed by atoms with Gasteiger partial charge in [0.25, 0.3) is 0 Å². The minimum Gasteiger partial charge on any atom is -0.461 e. The van der Waals surface area contributed by atoms with E-state index >= 15 is 0 Å². The van der Waals surface area contributed by atoms with Gasteiger partial charge in [0.1, 0.15) is 10.5 Å². The normalized spacial score (nSPS) is 34.3. The molecule has 2 aliphatic rings. The SMILES string of the molecule is C[Si](C)(O[SiH3])C1=CC2CCC1C2. The molecule has 0 aromatic heterocycles. The fourth-order valence-corrected chi connectivity index (χ4v) is 5.48. The molecule has 0 aromatic carbocycles. The molecule has 68 valence electrons. The van der Waals surface area contributed by atoms with Crippen molar-refractivity contribution in [1.82, 2.24) is 0 Å². The molecule has 1 saturated carbocycles. The molecule has 0 N–H and O–H groups in total. The first-order valence-corrected chi connectivity index (χ1v) is 8.63. The fourth-order valence-electron chi connectivity index (χ4n) is 2.65. The van der Waals surface area contributed by atoms with Crippen LogP contribution in [0.25, 0.3) is 0 Å². The molecule has 2 bridgehead atoms. The smallest absolute Gasteiger partial charge is 0.201 e. The lowest BCUT2D eigenvalue weighted by Crippen LogP contribution is -2.35. The third-order valence-corrected chi connectivity index (χ3v) is 9.58. The van der Waals surface area contributed by atoms with Crippen molar-refractivity contribution in [3.63, 3.8) is 0 Å². The summed E-state index contributed by atoms with van der Waals surface area (Å²) in [6.07, 6.45) is 6.87. The van der Waals surface area contributed by atoms with Crippen molar-refractivity contribution in [3.8, 4) is 0 Å². The Kier molecular flexibility index (Phi) is 2.05. The lowest BCUT2D eigenvalue weighted by atomic mass is 10.1. The summed E-state index contributed by atoms with van der Waals surface area (Å²) in [6, 6.07) is 0. The predicted molar refractivity (Wildman–Crippen MR) is 57.4 cm³/mol. The minimum atomic E-state index is -1.38. The van der Waals surface area contributed by atoms with Crippen molar-refractivity contribution in [2.45, 2.75) is 32.4 Å². The summed E-state index contributed by atoms with van der Waals surface area (Å²) in [4.78, 5) is 0. The quantitative estimate of drug-likeness (QED) is 0.609. The fraction of sp³-hybridized carbons (Fsp3) is 0.778. The Morgan fingerprint density at radius 3 is 2.67 bits per heavy atom. The second-order valence-electron chi connectivity index (χ2n) is 4.61. The largest absolute Gasteiger partial charge is 0.461 e. The van der Waals surface area contributed by atoms with Crippen molar-refractivity contribution in [2.75, 3.05) is 0 Å². The van der Waals surface area contributed by atoms with Crippen LogP contribution < -0.4 is 0 Å².